The van der Waals surface area contributed by atoms with E-state index in [2.05, 4.69) is 5.32 Å². The predicted octanol–water partition coefficient (Wildman–Crippen LogP) is 2.26. The van der Waals surface area contributed by atoms with Gasteiger partial charge in [-0.05, 0) is 44.0 Å². The van der Waals surface area contributed by atoms with Crippen LogP contribution in [0.4, 0.5) is 4.39 Å². The van der Waals surface area contributed by atoms with E-state index in [9.17, 15) is 4.39 Å². The standard InChI is InChI=1S/C13H19FN2O.ClH/c1-17-11-4-2-3-10(14)12(11)13(15)9-5-7-16-8-6-9;/h2-4,9,13,16H,5-8,15H2,1H3;1H/t13-;/m1./s1. The first kappa shape index (κ1) is 15.2. The Morgan fingerprint density at radius 1 is 1.39 bits per heavy atom. The van der Waals surface area contributed by atoms with Crippen LogP contribution in [0.5, 0.6) is 5.75 Å². The molecule has 5 heteroatoms. The van der Waals surface area contributed by atoms with Crippen LogP contribution < -0.4 is 15.8 Å². The summed E-state index contributed by atoms with van der Waals surface area (Å²) in [6.45, 7) is 1.91. The third-order valence-electron chi connectivity index (χ3n) is 3.46. The zero-order chi connectivity index (χ0) is 12.3. The molecular formula is C13H20ClFN2O. The molecule has 1 aromatic carbocycles. The molecule has 0 aliphatic carbocycles. The lowest BCUT2D eigenvalue weighted by atomic mass is 9.86. The smallest absolute Gasteiger partial charge is 0.131 e. The second-order valence-electron chi connectivity index (χ2n) is 4.47. The second-order valence-corrected chi connectivity index (χ2v) is 4.47. The normalized spacial score (nSPS) is 17.9. The van der Waals surface area contributed by atoms with Crippen molar-refractivity contribution in [3.8, 4) is 5.75 Å². The van der Waals surface area contributed by atoms with Crippen molar-refractivity contribution >= 4 is 12.4 Å². The van der Waals surface area contributed by atoms with E-state index in [1.165, 1.54) is 6.07 Å². The minimum atomic E-state index is -0.284. The van der Waals surface area contributed by atoms with Crippen LogP contribution >= 0.6 is 12.4 Å². The van der Waals surface area contributed by atoms with Crippen molar-refractivity contribution < 1.29 is 9.13 Å². The van der Waals surface area contributed by atoms with Gasteiger partial charge in [-0.15, -0.1) is 12.4 Å². The van der Waals surface area contributed by atoms with Crippen molar-refractivity contribution in [2.45, 2.75) is 18.9 Å². The van der Waals surface area contributed by atoms with Crippen molar-refractivity contribution in [3.63, 3.8) is 0 Å². The highest BCUT2D eigenvalue weighted by Gasteiger charge is 2.26. The number of halogens is 2. The Kier molecular flexibility index (Phi) is 5.85. The zero-order valence-corrected chi connectivity index (χ0v) is 11.3. The first-order chi connectivity index (χ1) is 8.24. The quantitative estimate of drug-likeness (QED) is 0.889. The van der Waals surface area contributed by atoms with Crippen LogP contribution in [0, 0.1) is 11.7 Å². The lowest BCUT2D eigenvalue weighted by molar-refractivity contribution is 0.307. The predicted molar refractivity (Wildman–Crippen MR) is 72.7 cm³/mol. The number of hydrogen-bond acceptors (Lipinski definition) is 3. The van der Waals surface area contributed by atoms with Gasteiger partial charge < -0.3 is 15.8 Å². The number of ether oxygens (including phenoxy) is 1. The fourth-order valence-corrected chi connectivity index (χ4v) is 2.46. The van der Waals surface area contributed by atoms with E-state index in [0.29, 0.717) is 17.2 Å². The number of piperidine rings is 1. The Hall–Kier alpha value is -0.840. The Bertz CT molecular complexity index is 383. The van der Waals surface area contributed by atoms with Crippen molar-refractivity contribution in [1.29, 1.82) is 0 Å². The number of benzene rings is 1. The van der Waals surface area contributed by atoms with Gasteiger partial charge in [0.2, 0.25) is 0 Å². The number of nitrogens with one attached hydrogen (secondary N) is 1. The number of rotatable bonds is 3. The molecule has 1 aliphatic heterocycles. The van der Waals surface area contributed by atoms with E-state index >= 15 is 0 Å². The van der Waals surface area contributed by atoms with Gasteiger partial charge in [0.15, 0.2) is 0 Å². The molecule has 0 saturated carbocycles. The maximum Gasteiger partial charge on any atom is 0.131 e. The summed E-state index contributed by atoms with van der Waals surface area (Å²) >= 11 is 0. The van der Waals surface area contributed by atoms with Gasteiger partial charge in [0, 0.05) is 11.6 Å². The maximum atomic E-state index is 13.9. The van der Waals surface area contributed by atoms with Gasteiger partial charge in [0.1, 0.15) is 11.6 Å². The topological polar surface area (TPSA) is 47.3 Å². The molecule has 0 radical (unpaired) electrons. The van der Waals surface area contributed by atoms with Gasteiger partial charge in [-0.2, -0.15) is 0 Å². The molecule has 1 saturated heterocycles. The van der Waals surface area contributed by atoms with E-state index in [0.717, 1.165) is 25.9 Å². The van der Waals surface area contributed by atoms with Crippen molar-refractivity contribution in [1.82, 2.24) is 5.32 Å². The van der Waals surface area contributed by atoms with Crippen molar-refractivity contribution in [2.75, 3.05) is 20.2 Å². The van der Waals surface area contributed by atoms with Crippen molar-refractivity contribution in [2.24, 2.45) is 11.7 Å². The van der Waals surface area contributed by atoms with Gasteiger partial charge >= 0.3 is 0 Å². The Morgan fingerprint density at radius 2 is 2.06 bits per heavy atom. The van der Waals surface area contributed by atoms with Crippen LogP contribution in [-0.2, 0) is 0 Å². The second kappa shape index (κ2) is 6.92. The fraction of sp³-hybridized carbons (Fsp3) is 0.538. The monoisotopic (exact) mass is 274 g/mol. The third-order valence-corrected chi connectivity index (χ3v) is 3.46. The van der Waals surface area contributed by atoms with E-state index in [1.54, 1.807) is 19.2 Å². The van der Waals surface area contributed by atoms with Crippen LogP contribution in [-0.4, -0.2) is 20.2 Å². The molecule has 0 amide bonds. The molecule has 1 atom stereocenters. The van der Waals surface area contributed by atoms with E-state index in [4.69, 9.17) is 10.5 Å². The van der Waals surface area contributed by atoms with Crippen LogP contribution in [0.25, 0.3) is 0 Å². The first-order valence-corrected chi connectivity index (χ1v) is 6.02. The maximum absolute atomic E-state index is 13.9. The molecule has 3 N–H and O–H groups in total. The minimum absolute atomic E-state index is 0. The molecule has 0 spiro atoms. The van der Waals surface area contributed by atoms with Gasteiger partial charge in [0.05, 0.1) is 7.11 Å². The molecule has 102 valence electrons. The molecule has 1 aromatic rings. The van der Waals surface area contributed by atoms with E-state index < -0.39 is 0 Å². The number of hydrogen-bond donors (Lipinski definition) is 2. The third kappa shape index (κ3) is 3.13. The molecule has 1 fully saturated rings. The fourth-order valence-electron chi connectivity index (χ4n) is 2.46. The zero-order valence-electron chi connectivity index (χ0n) is 10.5. The average molecular weight is 275 g/mol. The largest absolute Gasteiger partial charge is 0.496 e. The summed E-state index contributed by atoms with van der Waals surface area (Å²) in [6, 6.07) is 4.57. The molecule has 2 rings (SSSR count). The SMILES string of the molecule is COc1cccc(F)c1[C@H](N)C1CCNCC1.Cl. The number of nitrogens with two attached hydrogens (primary N) is 1. The molecule has 1 heterocycles. The summed E-state index contributed by atoms with van der Waals surface area (Å²) in [5, 5.41) is 3.28. The molecule has 3 nitrogen and oxygen atoms in total. The van der Waals surface area contributed by atoms with Gasteiger partial charge in [-0.25, -0.2) is 4.39 Å². The molecule has 0 bridgehead atoms. The van der Waals surface area contributed by atoms with Gasteiger partial charge in [-0.1, -0.05) is 6.07 Å². The summed E-state index contributed by atoms with van der Waals surface area (Å²) in [6.07, 6.45) is 1.97. The average Bonchev–Trinajstić information content (AvgIpc) is 2.38. The van der Waals surface area contributed by atoms with Crippen molar-refractivity contribution in [3.05, 3.63) is 29.6 Å². The minimum Gasteiger partial charge on any atom is -0.496 e. The molecule has 1 aliphatic rings. The highest BCUT2D eigenvalue weighted by molar-refractivity contribution is 5.85. The summed E-state index contributed by atoms with van der Waals surface area (Å²) < 4.78 is 19.1. The summed E-state index contributed by atoms with van der Waals surface area (Å²) in [7, 11) is 1.55. The Morgan fingerprint density at radius 3 is 2.67 bits per heavy atom. The van der Waals surface area contributed by atoms with E-state index in [1.807, 2.05) is 0 Å². The van der Waals surface area contributed by atoms with Crippen LogP contribution in [0.3, 0.4) is 0 Å². The molecular weight excluding hydrogens is 255 g/mol. The number of methoxy groups -OCH3 is 1. The lowest BCUT2D eigenvalue weighted by Crippen LogP contribution is -2.34. The summed E-state index contributed by atoms with van der Waals surface area (Å²) in [4.78, 5) is 0. The highest BCUT2D eigenvalue weighted by Crippen LogP contribution is 2.34. The summed E-state index contributed by atoms with van der Waals surface area (Å²) in [5.74, 6) is 0.605. The lowest BCUT2D eigenvalue weighted by Gasteiger charge is -2.29. The molecule has 0 unspecified atom stereocenters. The van der Waals surface area contributed by atoms with E-state index in [-0.39, 0.29) is 24.3 Å². The Balaban J connectivity index is 0.00000162. The first-order valence-electron chi connectivity index (χ1n) is 6.02. The highest BCUT2D eigenvalue weighted by atomic mass is 35.5. The van der Waals surface area contributed by atoms with Crippen LogP contribution in [0.15, 0.2) is 18.2 Å². The summed E-state index contributed by atoms with van der Waals surface area (Å²) in [5.41, 5.74) is 6.71. The Labute approximate surface area is 113 Å². The van der Waals surface area contributed by atoms with Crippen LogP contribution in [0.1, 0.15) is 24.4 Å². The molecule has 18 heavy (non-hydrogen) atoms. The van der Waals surface area contributed by atoms with Gasteiger partial charge in [0.25, 0.3) is 0 Å². The van der Waals surface area contributed by atoms with Gasteiger partial charge in [-0.3, -0.25) is 0 Å². The van der Waals surface area contributed by atoms with Crippen LogP contribution in [0.2, 0.25) is 0 Å². The molecule has 0 aromatic heterocycles.